The smallest absolute Gasteiger partial charge is 0.135 e. The number of aromatic nitrogens is 2. The third-order valence-electron chi connectivity index (χ3n) is 1.19. The van der Waals surface area contributed by atoms with Gasteiger partial charge >= 0.3 is 0 Å². The fourth-order valence-corrected chi connectivity index (χ4v) is 0.782. The van der Waals surface area contributed by atoms with Crippen LogP contribution in [0.5, 0.6) is 0 Å². The molecular weight excluding hydrogens is 102 g/mol. The zero-order valence-electron chi connectivity index (χ0n) is 4.28. The normalized spacial score (nSPS) is 14.5. The van der Waals surface area contributed by atoms with Crippen LogP contribution in [-0.4, -0.2) is 15.9 Å². The van der Waals surface area contributed by atoms with Crippen molar-refractivity contribution in [3.8, 4) is 0 Å². The van der Waals surface area contributed by atoms with Gasteiger partial charge in [0.1, 0.15) is 5.82 Å². The highest BCUT2D eigenvalue weighted by atomic mass is 15.1. The van der Waals surface area contributed by atoms with Crippen molar-refractivity contribution in [1.82, 2.24) is 9.55 Å². The van der Waals surface area contributed by atoms with Gasteiger partial charge in [-0.2, -0.15) is 0 Å². The van der Waals surface area contributed by atoms with Crippen LogP contribution < -0.4 is 0 Å². The van der Waals surface area contributed by atoms with Gasteiger partial charge in [-0.3, -0.25) is 9.56 Å². The molecule has 0 saturated heterocycles. The Balaban J connectivity index is 2.67. The first kappa shape index (κ1) is 3.83. The maximum Gasteiger partial charge on any atom is 0.135 e. The fourth-order valence-electron chi connectivity index (χ4n) is 0.782. The molecule has 0 atom stereocenters. The number of imidazole rings is 1. The SMILES string of the molecule is C1=NCc2nccn21. The minimum absolute atomic E-state index is 0.743. The van der Waals surface area contributed by atoms with Crippen LogP contribution in [0.4, 0.5) is 0 Å². The van der Waals surface area contributed by atoms with Gasteiger partial charge in [-0.25, -0.2) is 4.98 Å². The Morgan fingerprint density at radius 3 is 3.50 bits per heavy atom. The van der Waals surface area contributed by atoms with Crippen LogP contribution in [0.2, 0.25) is 0 Å². The monoisotopic (exact) mass is 107 g/mol. The molecule has 0 aliphatic carbocycles. The third-order valence-corrected chi connectivity index (χ3v) is 1.19. The van der Waals surface area contributed by atoms with E-state index in [1.165, 1.54) is 0 Å². The number of nitrogens with zero attached hydrogens (tertiary/aromatic N) is 3. The van der Waals surface area contributed by atoms with Gasteiger partial charge < -0.3 is 0 Å². The van der Waals surface area contributed by atoms with E-state index in [0.717, 1.165) is 12.4 Å². The van der Waals surface area contributed by atoms with Gasteiger partial charge in [-0.15, -0.1) is 0 Å². The molecule has 0 unspecified atom stereocenters. The molecule has 3 heteroatoms. The number of aliphatic imine (C=N–C) groups is 1. The Morgan fingerprint density at radius 2 is 2.62 bits per heavy atom. The average molecular weight is 107 g/mol. The molecule has 0 saturated carbocycles. The van der Waals surface area contributed by atoms with Crippen molar-refractivity contribution in [1.29, 1.82) is 0 Å². The van der Waals surface area contributed by atoms with Crippen LogP contribution in [0.25, 0.3) is 0 Å². The van der Waals surface area contributed by atoms with Crippen LogP contribution in [0.3, 0.4) is 0 Å². The Morgan fingerprint density at radius 1 is 1.62 bits per heavy atom. The molecule has 1 aliphatic rings. The summed E-state index contributed by atoms with van der Waals surface area (Å²) in [7, 11) is 0. The van der Waals surface area contributed by atoms with E-state index < -0.39 is 0 Å². The van der Waals surface area contributed by atoms with E-state index in [9.17, 15) is 0 Å². The van der Waals surface area contributed by atoms with Crippen molar-refractivity contribution in [2.75, 3.05) is 0 Å². The van der Waals surface area contributed by atoms with Crippen LogP contribution >= 0.6 is 0 Å². The minimum atomic E-state index is 0.743. The summed E-state index contributed by atoms with van der Waals surface area (Å²) in [6.07, 6.45) is 5.45. The van der Waals surface area contributed by atoms with E-state index in [1.54, 1.807) is 12.5 Å². The van der Waals surface area contributed by atoms with E-state index in [1.807, 2.05) is 10.8 Å². The van der Waals surface area contributed by atoms with Crippen LogP contribution in [0.15, 0.2) is 17.4 Å². The summed E-state index contributed by atoms with van der Waals surface area (Å²) in [4.78, 5) is 8.02. The van der Waals surface area contributed by atoms with Gasteiger partial charge in [0.15, 0.2) is 0 Å². The molecule has 3 nitrogen and oxygen atoms in total. The largest absolute Gasteiger partial charge is 0.293 e. The van der Waals surface area contributed by atoms with Gasteiger partial charge in [-0.1, -0.05) is 0 Å². The van der Waals surface area contributed by atoms with E-state index in [4.69, 9.17) is 0 Å². The second-order valence-corrected chi connectivity index (χ2v) is 1.71. The van der Waals surface area contributed by atoms with Crippen molar-refractivity contribution in [2.45, 2.75) is 6.54 Å². The van der Waals surface area contributed by atoms with Crippen LogP contribution in [0.1, 0.15) is 5.82 Å². The van der Waals surface area contributed by atoms with Crippen molar-refractivity contribution in [2.24, 2.45) is 4.99 Å². The van der Waals surface area contributed by atoms with Crippen LogP contribution in [-0.2, 0) is 6.54 Å². The van der Waals surface area contributed by atoms with Gasteiger partial charge in [-0.05, 0) is 0 Å². The molecule has 1 aliphatic heterocycles. The predicted molar refractivity (Wildman–Crippen MR) is 29.8 cm³/mol. The number of hydrogen-bond acceptors (Lipinski definition) is 2. The lowest BCUT2D eigenvalue weighted by Gasteiger charge is -1.83. The first-order valence-corrected chi connectivity index (χ1v) is 2.48. The lowest BCUT2D eigenvalue weighted by atomic mass is 10.6. The summed E-state index contributed by atoms with van der Waals surface area (Å²) in [5.74, 6) is 1.03. The second-order valence-electron chi connectivity index (χ2n) is 1.71. The van der Waals surface area contributed by atoms with E-state index in [-0.39, 0.29) is 0 Å². The maximum absolute atomic E-state index is 4.03. The fraction of sp³-hybridized carbons (Fsp3) is 0.200. The van der Waals surface area contributed by atoms with E-state index >= 15 is 0 Å². The second kappa shape index (κ2) is 1.18. The quantitative estimate of drug-likeness (QED) is 0.468. The Labute approximate surface area is 46.7 Å². The van der Waals surface area contributed by atoms with E-state index in [2.05, 4.69) is 9.98 Å². The molecule has 0 radical (unpaired) electrons. The minimum Gasteiger partial charge on any atom is -0.293 e. The Kier molecular flexibility index (Phi) is 0.566. The summed E-state index contributed by atoms with van der Waals surface area (Å²) >= 11 is 0. The predicted octanol–water partition coefficient (Wildman–Crippen LogP) is 0.273. The van der Waals surface area contributed by atoms with Gasteiger partial charge in [0.25, 0.3) is 0 Å². The zero-order valence-corrected chi connectivity index (χ0v) is 4.28. The maximum atomic E-state index is 4.03. The number of rotatable bonds is 0. The Bertz CT molecular complexity index is 223. The highest BCUT2D eigenvalue weighted by Gasteiger charge is 2.02. The molecule has 0 amide bonds. The molecule has 0 N–H and O–H groups in total. The average Bonchev–Trinajstić information content (AvgIpc) is 2.15. The molecule has 2 rings (SSSR count). The standard InChI is InChI=1S/C5H5N3/c1-2-8-4-6-3-5(8)7-1/h1-2,4H,3H2. The third kappa shape index (κ3) is 0.332. The zero-order chi connectivity index (χ0) is 5.40. The lowest BCUT2D eigenvalue weighted by Crippen LogP contribution is -1.89. The highest BCUT2D eigenvalue weighted by Crippen LogP contribution is 2.01. The van der Waals surface area contributed by atoms with Gasteiger partial charge in [0.05, 0.1) is 12.9 Å². The molecule has 0 spiro atoms. The van der Waals surface area contributed by atoms with Crippen LogP contribution in [0, 0.1) is 0 Å². The Hall–Kier alpha value is -1.12. The molecule has 2 heterocycles. The molecular formula is C5H5N3. The molecule has 1 aromatic rings. The molecule has 1 aromatic heterocycles. The summed E-state index contributed by atoms with van der Waals surface area (Å²) in [5.41, 5.74) is 0. The highest BCUT2D eigenvalue weighted by molar-refractivity contribution is 5.61. The van der Waals surface area contributed by atoms with Crippen molar-refractivity contribution in [3.05, 3.63) is 18.2 Å². The topological polar surface area (TPSA) is 30.2 Å². The summed E-state index contributed by atoms with van der Waals surface area (Å²) in [6, 6.07) is 0. The van der Waals surface area contributed by atoms with Gasteiger partial charge in [0.2, 0.25) is 0 Å². The first-order chi connectivity index (χ1) is 3.97. The summed E-state index contributed by atoms with van der Waals surface area (Å²) in [6.45, 7) is 0.743. The van der Waals surface area contributed by atoms with Gasteiger partial charge in [0, 0.05) is 12.4 Å². The van der Waals surface area contributed by atoms with Crippen molar-refractivity contribution >= 4 is 6.34 Å². The lowest BCUT2D eigenvalue weighted by molar-refractivity contribution is 0.974. The van der Waals surface area contributed by atoms with Crippen molar-refractivity contribution in [3.63, 3.8) is 0 Å². The molecule has 0 aromatic carbocycles. The van der Waals surface area contributed by atoms with E-state index in [0.29, 0.717) is 0 Å². The molecule has 40 valence electrons. The molecule has 8 heavy (non-hydrogen) atoms. The molecule has 0 fully saturated rings. The molecule has 0 bridgehead atoms. The summed E-state index contributed by atoms with van der Waals surface area (Å²) in [5, 5.41) is 0. The first-order valence-electron chi connectivity index (χ1n) is 2.48. The van der Waals surface area contributed by atoms with Crippen molar-refractivity contribution < 1.29 is 0 Å². The number of hydrogen-bond donors (Lipinski definition) is 0. The number of fused-ring (bicyclic) bond motifs is 1. The summed E-state index contributed by atoms with van der Waals surface area (Å²) < 4.78 is 1.92.